The quantitative estimate of drug-likeness (QED) is 0.637. The Hall–Kier alpha value is -3.15. The minimum absolute atomic E-state index is 0.0188. The first-order chi connectivity index (χ1) is 12.7. The summed E-state index contributed by atoms with van der Waals surface area (Å²) in [7, 11) is 0. The van der Waals surface area contributed by atoms with Crippen LogP contribution in [-0.4, -0.2) is 29.3 Å². The third kappa shape index (κ3) is 3.44. The van der Waals surface area contributed by atoms with Gasteiger partial charge in [-0.2, -0.15) is 0 Å². The van der Waals surface area contributed by atoms with E-state index in [0.29, 0.717) is 25.8 Å². The van der Waals surface area contributed by atoms with E-state index in [1.807, 2.05) is 30.5 Å². The van der Waals surface area contributed by atoms with Gasteiger partial charge in [0, 0.05) is 30.1 Å². The molecule has 0 saturated carbocycles. The summed E-state index contributed by atoms with van der Waals surface area (Å²) in [5.74, 6) is 1.75. The van der Waals surface area contributed by atoms with Gasteiger partial charge in [-0.05, 0) is 54.3 Å². The van der Waals surface area contributed by atoms with Crippen LogP contribution in [0.5, 0.6) is 17.2 Å². The Bertz CT molecular complexity index is 948. The van der Waals surface area contributed by atoms with E-state index in [-0.39, 0.29) is 18.4 Å². The second-order valence-electron chi connectivity index (χ2n) is 6.33. The molecule has 2 heterocycles. The number of hydrogen-bond acceptors (Lipinski definition) is 4. The molecule has 0 bridgehead atoms. The van der Waals surface area contributed by atoms with E-state index in [2.05, 4.69) is 10.3 Å². The van der Waals surface area contributed by atoms with Crippen LogP contribution < -0.4 is 14.8 Å². The lowest BCUT2D eigenvalue weighted by Crippen LogP contribution is -2.25. The molecule has 6 heteroatoms. The number of ether oxygens (including phenoxy) is 2. The highest BCUT2D eigenvalue weighted by Gasteiger charge is 2.13. The van der Waals surface area contributed by atoms with E-state index < -0.39 is 0 Å². The standard InChI is InChI=1S/C20H20N2O4/c23-15-3-4-17-16(10-15)14(11-22-17)7-8-21-20(24)6-2-13-1-5-18-19(9-13)26-12-25-18/h1,3-5,9-11,22-23H,2,6-8,12H2,(H,21,24). The van der Waals surface area contributed by atoms with Crippen molar-refractivity contribution in [2.45, 2.75) is 19.3 Å². The van der Waals surface area contributed by atoms with Crippen LogP contribution in [0.15, 0.2) is 42.6 Å². The Kier molecular flexibility index (Phi) is 4.39. The molecular weight excluding hydrogens is 332 g/mol. The summed E-state index contributed by atoms with van der Waals surface area (Å²) in [5, 5.41) is 13.6. The van der Waals surface area contributed by atoms with E-state index in [1.165, 1.54) is 0 Å². The third-order valence-electron chi connectivity index (χ3n) is 4.55. The number of H-pyrrole nitrogens is 1. The van der Waals surface area contributed by atoms with E-state index in [0.717, 1.165) is 33.5 Å². The summed E-state index contributed by atoms with van der Waals surface area (Å²) in [5.41, 5.74) is 3.11. The number of amides is 1. The van der Waals surface area contributed by atoms with Crippen molar-refractivity contribution in [1.29, 1.82) is 0 Å². The van der Waals surface area contributed by atoms with Crippen molar-refractivity contribution in [3.8, 4) is 17.2 Å². The maximum Gasteiger partial charge on any atom is 0.231 e. The lowest BCUT2D eigenvalue weighted by atomic mass is 10.1. The number of phenolic OH excluding ortho intramolecular Hbond substituents is 1. The number of rotatable bonds is 6. The molecule has 0 fully saturated rings. The molecule has 1 aromatic heterocycles. The number of benzene rings is 2. The van der Waals surface area contributed by atoms with Gasteiger partial charge in [-0.3, -0.25) is 4.79 Å². The van der Waals surface area contributed by atoms with Gasteiger partial charge in [0.1, 0.15) is 5.75 Å². The molecule has 134 valence electrons. The fourth-order valence-electron chi connectivity index (χ4n) is 3.15. The number of aryl methyl sites for hydroxylation is 1. The molecule has 26 heavy (non-hydrogen) atoms. The third-order valence-corrected chi connectivity index (χ3v) is 4.55. The summed E-state index contributed by atoms with van der Waals surface area (Å²) in [6, 6.07) is 11.0. The van der Waals surface area contributed by atoms with Crippen LogP contribution in [0.2, 0.25) is 0 Å². The summed E-state index contributed by atoms with van der Waals surface area (Å²) >= 11 is 0. The molecule has 0 unspecified atom stereocenters. The number of aromatic nitrogens is 1. The summed E-state index contributed by atoms with van der Waals surface area (Å²) < 4.78 is 10.6. The van der Waals surface area contributed by atoms with Gasteiger partial charge in [0.15, 0.2) is 11.5 Å². The number of aromatic hydroxyl groups is 1. The minimum Gasteiger partial charge on any atom is -0.508 e. The smallest absolute Gasteiger partial charge is 0.231 e. The van der Waals surface area contributed by atoms with Crippen molar-refractivity contribution in [1.82, 2.24) is 10.3 Å². The highest BCUT2D eigenvalue weighted by molar-refractivity contribution is 5.84. The lowest BCUT2D eigenvalue weighted by Gasteiger charge is -2.06. The molecule has 2 aromatic carbocycles. The van der Waals surface area contributed by atoms with Crippen LogP contribution in [0.3, 0.4) is 0 Å². The van der Waals surface area contributed by atoms with E-state index >= 15 is 0 Å². The molecule has 3 aromatic rings. The van der Waals surface area contributed by atoms with Crippen molar-refractivity contribution in [3.63, 3.8) is 0 Å². The zero-order chi connectivity index (χ0) is 17.9. The number of nitrogens with one attached hydrogen (secondary N) is 2. The average molecular weight is 352 g/mol. The first kappa shape index (κ1) is 16.3. The predicted molar refractivity (Wildman–Crippen MR) is 97.6 cm³/mol. The summed E-state index contributed by atoms with van der Waals surface area (Å²) in [6.07, 6.45) is 3.71. The Morgan fingerprint density at radius 1 is 1.12 bits per heavy atom. The SMILES string of the molecule is O=C(CCc1ccc2c(c1)OCO2)NCCc1c[nH]c2ccc(O)cc12. The first-order valence-electron chi connectivity index (χ1n) is 8.63. The van der Waals surface area contributed by atoms with Crippen LogP contribution in [0.1, 0.15) is 17.5 Å². The van der Waals surface area contributed by atoms with Crippen molar-refractivity contribution in [2.24, 2.45) is 0 Å². The number of phenols is 1. The topological polar surface area (TPSA) is 83.6 Å². The lowest BCUT2D eigenvalue weighted by molar-refractivity contribution is -0.121. The summed E-state index contributed by atoms with van der Waals surface area (Å²) in [4.78, 5) is 15.3. The summed E-state index contributed by atoms with van der Waals surface area (Å²) in [6.45, 7) is 0.813. The monoisotopic (exact) mass is 352 g/mol. The first-order valence-corrected chi connectivity index (χ1v) is 8.63. The maximum atomic E-state index is 12.1. The van der Waals surface area contributed by atoms with Gasteiger partial charge in [-0.25, -0.2) is 0 Å². The second kappa shape index (κ2) is 7.00. The van der Waals surface area contributed by atoms with Gasteiger partial charge in [0.05, 0.1) is 0 Å². The van der Waals surface area contributed by atoms with Gasteiger partial charge in [-0.1, -0.05) is 6.07 Å². The number of fused-ring (bicyclic) bond motifs is 2. The Morgan fingerprint density at radius 3 is 2.92 bits per heavy atom. The van der Waals surface area contributed by atoms with Gasteiger partial charge >= 0.3 is 0 Å². The minimum atomic E-state index is 0.0188. The Labute approximate surface area is 150 Å². The zero-order valence-corrected chi connectivity index (χ0v) is 14.2. The number of aromatic amines is 1. The van der Waals surface area contributed by atoms with Crippen LogP contribution in [0.4, 0.5) is 0 Å². The molecule has 0 spiro atoms. The van der Waals surface area contributed by atoms with Crippen molar-refractivity contribution in [3.05, 3.63) is 53.7 Å². The molecule has 6 nitrogen and oxygen atoms in total. The van der Waals surface area contributed by atoms with Gasteiger partial charge in [0.2, 0.25) is 12.7 Å². The molecule has 0 radical (unpaired) electrons. The molecule has 0 saturated heterocycles. The molecular formula is C20H20N2O4. The Balaban J connectivity index is 1.27. The van der Waals surface area contributed by atoms with E-state index in [9.17, 15) is 9.90 Å². The molecule has 1 amide bonds. The molecule has 1 aliphatic rings. The van der Waals surface area contributed by atoms with Crippen molar-refractivity contribution < 1.29 is 19.4 Å². The number of carbonyl (C=O) groups excluding carboxylic acids is 1. The van der Waals surface area contributed by atoms with E-state index in [1.54, 1.807) is 12.1 Å². The highest BCUT2D eigenvalue weighted by Crippen LogP contribution is 2.32. The number of carbonyl (C=O) groups is 1. The molecule has 3 N–H and O–H groups in total. The maximum absolute atomic E-state index is 12.1. The van der Waals surface area contributed by atoms with Crippen molar-refractivity contribution in [2.75, 3.05) is 13.3 Å². The second-order valence-corrected chi connectivity index (χ2v) is 6.33. The number of hydrogen-bond donors (Lipinski definition) is 3. The van der Waals surface area contributed by atoms with E-state index in [4.69, 9.17) is 9.47 Å². The fraction of sp³-hybridized carbons (Fsp3) is 0.250. The van der Waals surface area contributed by atoms with Crippen LogP contribution in [0.25, 0.3) is 10.9 Å². The van der Waals surface area contributed by atoms with Gasteiger partial charge in [-0.15, -0.1) is 0 Å². The van der Waals surface area contributed by atoms with Crippen LogP contribution >= 0.6 is 0 Å². The van der Waals surface area contributed by atoms with Crippen LogP contribution in [0, 0.1) is 0 Å². The highest BCUT2D eigenvalue weighted by atomic mass is 16.7. The zero-order valence-electron chi connectivity index (χ0n) is 14.2. The average Bonchev–Trinajstić information content (AvgIpc) is 3.26. The fourth-order valence-corrected chi connectivity index (χ4v) is 3.15. The normalized spacial score (nSPS) is 12.5. The van der Waals surface area contributed by atoms with Gasteiger partial charge < -0.3 is 24.9 Å². The molecule has 0 aliphatic carbocycles. The van der Waals surface area contributed by atoms with Crippen molar-refractivity contribution >= 4 is 16.8 Å². The molecule has 0 atom stereocenters. The molecule has 1 aliphatic heterocycles. The largest absolute Gasteiger partial charge is 0.508 e. The van der Waals surface area contributed by atoms with Crippen LogP contribution in [-0.2, 0) is 17.6 Å². The van der Waals surface area contributed by atoms with Gasteiger partial charge in [0.25, 0.3) is 0 Å². The Morgan fingerprint density at radius 2 is 2.00 bits per heavy atom. The molecule has 4 rings (SSSR count). The predicted octanol–water partition coefficient (Wildman–Crippen LogP) is 2.89.